The summed E-state index contributed by atoms with van der Waals surface area (Å²) in [7, 11) is 0. The molecule has 6 heteroatoms. The van der Waals surface area contributed by atoms with Crippen LogP contribution < -0.4 is 0 Å². The quantitative estimate of drug-likeness (QED) is 0.704. The summed E-state index contributed by atoms with van der Waals surface area (Å²) >= 11 is 0. The smallest absolute Gasteiger partial charge is 0.256 e. The van der Waals surface area contributed by atoms with Crippen LogP contribution in [-0.2, 0) is 6.18 Å². The van der Waals surface area contributed by atoms with Gasteiger partial charge >= 0.3 is 6.18 Å². The van der Waals surface area contributed by atoms with Gasteiger partial charge in [0.15, 0.2) is 0 Å². The molecule has 2 rings (SSSR count). The lowest BCUT2D eigenvalue weighted by atomic mass is 10.1. The predicted octanol–water partition coefficient (Wildman–Crippen LogP) is 4.05. The van der Waals surface area contributed by atoms with Gasteiger partial charge in [-0.15, -0.1) is 0 Å². The van der Waals surface area contributed by atoms with Crippen molar-refractivity contribution in [2.75, 3.05) is 0 Å². The molecule has 18 heavy (non-hydrogen) atoms. The van der Waals surface area contributed by atoms with Crippen molar-refractivity contribution in [3.8, 4) is 11.3 Å². The Bertz CT molecular complexity index is 560. The maximum atomic E-state index is 13.4. The molecule has 1 aromatic carbocycles. The summed E-state index contributed by atoms with van der Waals surface area (Å²) in [6, 6.07) is 4.46. The van der Waals surface area contributed by atoms with E-state index >= 15 is 0 Å². The molecule has 0 aliphatic heterocycles. The Hall–Kier alpha value is -1.98. The first kappa shape index (κ1) is 12.5. The number of hydrogen-bond acceptors (Lipinski definition) is 1. The zero-order chi connectivity index (χ0) is 13.3. The van der Waals surface area contributed by atoms with Crippen LogP contribution in [0.5, 0.6) is 0 Å². The van der Waals surface area contributed by atoms with E-state index < -0.39 is 23.4 Å². The van der Waals surface area contributed by atoms with Crippen LogP contribution in [0.3, 0.4) is 0 Å². The highest BCUT2D eigenvalue weighted by Crippen LogP contribution is 2.30. The van der Waals surface area contributed by atoms with Crippen molar-refractivity contribution in [2.45, 2.75) is 6.18 Å². The van der Waals surface area contributed by atoms with E-state index in [9.17, 15) is 22.0 Å². The van der Waals surface area contributed by atoms with E-state index in [0.29, 0.717) is 6.20 Å². The third-order valence-electron chi connectivity index (χ3n) is 2.30. The van der Waals surface area contributed by atoms with Crippen LogP contribution in [0.4, 0.5) is 22.0 Å². The third-order valence-corrected chi connectivity index (χ3v) is 2.30. The summed E-state index contributed by atoms with van der Waals surface area (Å²) in [5.74, 6) is -1.43. The Morgan fingerprint density at radius 3 is 2.22 bits per heavy atom. The fourth-order valence-electron chi connectivity index (χ4n) is 1.41. The SMILES string of the molecule is Fc1ccc(F)c(-c2ccc(C(F)(F)F)cn2)c1. The molecular weight excluding hydrogens is 253 g/mol. The van der Waals surface area contributed by atoms with Gasteiger partial charge in [-0.1, -0.05) is 0 Å². The molecule has 1 heterocycles. The molecule has 0 aliphatic carbocycles. The van der Waals surface area contributed by atoms with E-state index in [1.807, 2.05) is 0 Å². The second kappa shape index (κ2) is 4.36. The van der Waals surface area contributed by atoms with Gasteiger partial charge in [0.1, 0.15) is 11.6 Å². The van der Waals surface area contributed by atoms with E-state index in [-0.39, 0.29) is 11.3 Å². The summed E-state index contributed by atoms with van der Waals surface area (Å²) in [5.41, 5.74) is -1.17. The predicted molar refractivity (Wildman–Crippen MR) is 54.6 cm³/mol. The van der Waals surface area contributed by atoms with Crippen LogP contribution in [0.15, 0.2) is 36.5 Å². The average Bonchev–Trinajstić information content (AvgIpc) is 2.31. The molecule has 0 spiro atoms. The molecule has 1 nitrogen and oxygen atoms in total. The number of pyridine rings is 1. The van der Waals surface area contributed by atoms with Gasteiger partial charge in [-0.25, -0.2) is 8.78 Å². The van der Waals surface area contributed by atoms with Crippen molar-refractivity contribution >= 4 is 0 Å². The molecule has 0 N–H and O–H groups in total. The number of benzene rings is 1. The molecular formula is C12H6F5N. The number of rotatable bonds is 1. The van der Waals surface area contributed by atoms with E-state index in [1.54, 1.807) is 0 Å². The summed E-state index contributed by atoms with van der Waals surface area (Å²) in [6.07, 6.45) is -3.92. The highest BCUT2D eigenvalue weighted by molar-refractivity contribution is 5.60. The number of nitrogens with zero attached hydrogens (tertiary/aromatic N) is 1. The number of hydrogen-bond donors (Lipinski definition) is 0. The third kappa shape index (κ3) is 2.47. The summed E-state index contributed by atoms with van der Waals surface area (Å²) in [5, 5.41) is 0. The van der Waals surface area contributed by atoms with Crippen LogP contribution in [0.25, 0.3) is 11.3 Å². The van der Waals surface area contributed by atoms with Crippen molar-refractivity contribution in [3.05, 3.63) is 53.7 Å². The van der Waals surface area contributed by atoms with Gasteiger partial charge in [0.2, 0.25) is 0 Å². The molecule has 0 amide bonds. The Morgan fingerprint density at radius 2 is 1.67 bits per heavy atom. The molecule has 0 radical (unpaired) electrons. The van der Waals surface area contributed by atoms with Gasteiger partial charge in [0, 0.05) is 11.8 Å². The molecule has 1 aromatic heterocycles. The van der Waals surface area contributed by atoms with Crippen LogP contribution in [0.1, 0.15) is 5.56 Å². The van der Waals surface area contributed by atoms with E-state index in [2.05, 4.69) is 4.98 Å². The lowest BCUT2D eigenvalue weighted by molar-refractivity contribution is -0.137. The minimum atomic E-state index is -4.51. The fourth-order valence-corrected chi connectivity index (χ4v) is 1.41. The summed E-state index contributed by atoms with van der Waals surface area (Å²) in [6.45, 7) is 0. The minimum absolute atomic E-state index is 0.0556. The van der Waals surface area contributed by atoms with Crippen molar-refractivity contribution < 1.29 is 22.0 Å². The number of alkyl halides is 3. The maximum Gasteiger partial charge on any atom is 0.417 e. The first-order chi connectivity index (χ1) is 8.38. The minimum Gasteiger partial charge on any atom is -0.256 e. The highest BCUT2D eigenvalue weighted by Gasteiger charge is 2.30. The lowest BCUT2D eigenvalue weighted by Crippen LogP contribution is -2.05. The summed E-state index contributed by atoms with van der Waals surface area (Å²) in [4.78, 5) is 3.49. The van der Waals surface area contributed by atoms with E-state index in [4.69, 9.17) is 0 Å². The monoisotopic (exact) mass is 259 g/mol. The standard InChI is InChI=1S/C12H6F5N/c13-8-2-3-10(14)9(5-8)11-4-1-7(6-18-11)12(15,16)17/h1-6H. The highest BCUT2D eigenvalue weighted by atomic mass is 19.4. The van der Waals surface area contributed by atoms with Gasteiger partial charge in [0.05, 0.1) is 11.3 Å². The van der Waals surface area contributed by atoms with E-state index in [1.165, 1.54) is 0 Å². The summed E-state index contributed by atoms with van der Waals surface area (Å²) < 4.78 is 63.2. The van der Waals surface area contributed by atoms with Crippen LogP contribution >= 0.6 is 0 Å². The normalized spacial score (nSPS) is 11.6. The number of halogens is 5. The van der Waals surface area contributed by atoms with Crippen molar-refractivity contribution in [3.63, 3.8) is 0 Å². The molecule has 2 aromatic rings. The van der Waals surface area contributed by atoms with Gasteiger partial charge in [-0.05, 0) is 30.3 Å². The molecule has 0 aliphatic rings. The van der Waals surface area contributed by atoms with Crippen molar-refractivity contribution in [1.29, 1.82) is 0 Å². The van der Waals surface area contributed by atoms with Gasteiger partial charge < -0.3 is 0 Å². The van der Waals surface area contributed by atoms with Crippen molar-refractivity contribution in [2.24, 2.45) is 0 Å². The first-order valence-corrected chi connectivity index (χ1v) is 4.86. The molecule has 0 atom stereocenters. The Balaban J connectivity index is 2.43. The number of aromatic nitrogens is 1. The van der Waals surface area contributed by atoms with Crippen LogP contribution in [0.2, 0.25) is 0 Å². The van der Waals surface area contributed by atoms with E-state index in [0.717, 1.165) is 30.3 Å². The lowest BCUT2D eigenvalue weighted by Gasteiger charge is -2.07. The molecule has 0 fully saturated rings. The average molecular weight is 259 g/mol. The largest absolute Gasteiger partial charge is 0.417 e. The van der Waals surface area contributed by atoms with Gasteiger partial charge in [0.25, 0.3) is 0 Å². The topological polar surface area (TPSA) is 12.9 Å². The molecule has 0 bridgehead atoms. The first-order valence-electron chi connectivity index (χ1n) is 4.86. The Labute approximate surface area is 98.9 Å². The Morgan fingerprint density at radius 1 is 0.944 bits per heavy atom. The van der Waals surface area contributed by atoms with Crippen LogP contribution in [0, 0.1) is 11.6 Å². The maximum absolute atomic E-state index is 13.4. The molecule has 0 saturated carbocycles. The Kier molecular flexibility index (Phi) is 3.02. The molecule has 0 saturated heterocycles. The second-order valence-electron chi connectivity index (χ2n) is 3.55. The van der Waals surface area contributed by atoms with Crippen molar-refractivity contribution in [1.82, 2.24) is 4.98 Å². The second-order valence-corrected chi connectivity index (χ2v) is 3.55. The zero-order valence-electron chi connectivity index (χ0n) is 8.80. The molecule has 0 unspecified atom stereocenters. The van der Waals surface area contributed by atoms with Gasteiger partial charge in [-0.2, -0.15) is 13.2 Å². The van der Waals surface area contributed by atoms with Crippen LogP contribution in [-0.4, -0.2) is 4.98 Å². The zero-order valence-corrected chi connectivity index (χ0v) is 8.80. The fraction of sp³-hybridized carbons (Fsp3) is 0.0833. The molecule has 94 valence electrons. The van der Waals surface area contributed by atoms with Gasteiger partial charge in [-0.3, -0.25) is 4.98 Å².